The molecule has 27 heavy (non-hydrogen) atoms. The predicted octanol–water partition coefficient (Wildman–Crippen LogP) is 3.35. The van der Waals surface area contributed by atoms with Gasteiger partial charge in [-0.3, -0.25) is 4.79 Å². The summed E-state index contributed by atoms with van der Waals surface area (Å²) < 4.78 is 5.45. The molecule has 6 heteroatoms. The molecule has 1 aliphatic heterocycles. The SMILES string of the molecule is COc1ccccc1N1CCN(C(=O)CN[C@@H](C)c2ccccc2Cl)CC1. The van der Waals surface area contributed by atoms with E-state index in [0.717, 1.165) is 35.1 Å². The van der Waals surface area contributed by atoms with Crippen LogP contribution in [0, 0.1) is 0 Å². The number of carbonyl (C=O) groups is 1. The first-order valence-corrected chi connectivity index (χ1v) is 9.61. The molecular formula is C21H26ClN3O2. The number of anilines is 1. The van der Waals surface area contributed by atoms with E-state index in [1.54, 1.807) is 7.11 Å². The van der Waals surface area contributed by atoms with Gasteiger partial charge in [-0.05, 0) is 30.7 Å². The molecule has 1 amide bonds. The van der Waals surface area contributed by atoms with E-state index < -0.39 is 0 Å². The minimum atomic E-state index is 0.0255. The summed E-state index contributed by atoms with van der Waals surface area (Å²) in [5, 5.41) is 4.01. The second-order valence-electron chi connectivity index (χ2n) is 6.66. The van der Waals surface area contributed by atoms with Crippen molar-refractivity contribution in [3.63, 3.8) is 0 Å². The van der Waals surface area contributed by atoms with E-state index in [9.17, 15) is 4.79 Å². The number of halogens is 1. The molecule has 0 spiro atoms. The van der Waals surface area contributed by atoms with E-state index in [0.29, 0.717) is 19.6 Å². The fraction of sp³-hybridized carbons (Fsp3) is 0.381. The summed E-state index contributed by atoms with van der Waals surface area (Å²) >= 11 is 6.23. The summed E-state index contributed by atoms with van der Waals surface area (Å²) in [7, 11) is 1.68. The zero-order chi connectivity index (χ0) is 19.2. The molecule has 0 bridgehead atoms. The monoisotopic (exact) mass is 387 g/mol. The fourth-order valence-electron chi connectivity index (χ4n) is 3.38. The van der Waals surface area contributed by atoms with Crippen LogP contribution in [0.3, 0.4) is 0 Å². The molecule has 3 rings (SSSR count). The standard InChI is InChI=1S/C21H26ClN3O2/c1-16(17-7-3-4-8-18(17)22)23-15-21(26)25-13-11-24(12-14-25)19-9-5-6-10-20(19)27-2/h3-10,16,23H,11-15H2,1-2H3/t16-/m0/s1. The van der Waals surface area contributed by atoms with Crippen molar-refractivity contribution in [3.8, 4) is 5.75 Å². The van der Waals surface area contributed by atoms with Crippen LogP contribution in [0.1, 0.15) is 18.5 Å². The van der Waals surface area contributed by atoms with Crippen LogP contribution in [0.15, 0.2) is 48.5 Å². The van der Waals surface area contributed by atoms with Crippen LogP contribution in [0.2, 0.25) is 5.02 Å². The number of ether oxygens (including phenoxy) is 1. The van der Waals surface area contributed by atoms with Gasteiger partial charge in [0.1, 0.15) is 5.75 Å². The van der Waals surface area contributed by atoms with Gasteiger partial charge in [0.25, 0.3) is 0 Å². The maximum atomic E-state index is 12.6. The number of para-hydroxylation sites is 2. The van der Waals surface area contributed by atoms with E-state index in [1.807, 2.05) is 54.3 Å². The van der Waals surface area contributed by atoms with Crippen LogP contribution in [0.4, 0.5) is 5.69 Å². The molecule has 0 aliphatic carbocycles. The van der Waals surface area contributed by atoms with Crippen molar-refractivity contribution in [2.75, 3.05) is 44.7 Å². The van der Waals surface area contributed by atoms with Crippen molar-refractivity contribution in [1.82, 2.24) is 10.2 Å². The predicted molar refractivity (Wildman–Crippen MR) is 110 cm³/mol. The third-order valence-corrected chi connectivity index (χ3v) is 5.33. The highest BCUT2D eigenvalue weighted by molar-refractivity contribution is 6.31. The van der Waals surface area contributed by atoms with Crippen molar-refractivity contribution < 1.29 is 9.53 Å². The number of piperazine rings is 1. The number of nitrogens with zero attached hydrogens (tertiary/aromatic N) is 2. The highest BCUT2D eigenvalue weighted by Crippen LogP contribution is 2.28. The Labute approximate surface area is 165 Å². The molecule has 1 aliphatic rings. The van der Waals surface area contributed by atoms with Crippen LogP contribution in [-0.4, -0.2) is 50.6 Å². The maximum Gasteiger partial charge on any atom is 0.236 e. The topological polar surface area (TPSA) is 44.8 Å². The van der Waals surface area contributed by atoms with Crippen molar-refractivity contribution in [2.24, 2.45) is 0 Å². The third-order valence-electron chi connectivity index (χ3n) is 4.99. The summed E-state index contributed by atoms with van der Waals surface area (Å²) in [4.78, 5) is 16.8. The van der Waals surface area contributed by atoms with Gasteiger partial charge in [-0.15, -0.1) is 0 Å². The van der Waals surface area contributed by atoms with Crippen molar-refractivity contribution in [2.45, 2.75) is 13.0 Å². The van der Waals surface area contributed by atoms with Crippen LogP contribution in [0.5, 0.6) is 5.75 Å². The Morgan fingerprint density at radius 3 is 2.48 bits per heavy atom. The number of methoxy groups -OCH3 is 1. The number of benzene rings is 2. The van der Waals surface area contributed by atoms with E-state index >= 15 is 0 Å². The quantitative estimate of drug-likeness (QED) is 0.825. The number of amides is 1. The molecule has 0 aromatic heterocycles. The van der Waals surface area contributed by atoms with E-state index in [2.05, 4.69) is 16.3 Å². The highest BCUT2D eigenvalue weighted by atomic mass is 35.5. The first kappa shape index (κ1) is 19.5. The summed E-state index contributed by atoms with van der Waals surface area (Å²) in [6, 6.07) is 15.7. The first-order chi connectivity index (χ1) is 13.1. The van der Waals surface area contributed by atoms with Gasteiger partial charge in [0.05, 0.1) is 19.3 Å². The molecule has 1 fully saturated rings. The number of carbonyl (C=O) groups excluding carboxylic acids is 1. The number of nitrogens with one attached hydrogen (secondary N) is 1. The third kappa shape index (κ3) is 4.73. The second-order valence-corrected chi connectivity index (χ2v) is 7.07. The molecule has 0 saturated carbocycles. The van der Waals surface area contributed by atoms with Gasteiger partial charge in [0.15, 0.2) is 0 Å². The Balaban J connectivity index is 1.51. The Morgan fingerprint density at radius 2 is 1.78 bits per heavy atom. The zero-order valence-corrected chi connectivity index (χ0v) is 16.6. The second kappa shape index (κ2) is 9.11. The number of hydrogen-bond acceptors (Lipinski definition) is 4. The Hall–Kier alpha value is -2.24. The van der Waals surface area contributed by atoms with Crippen LogP contribution >= 0.6 is 11.6 Å². The fourth-order valence-corrected chi connectivity index (χ4v) is 3.68. The van der Waals surface area contributed by atoms with Gasteiger partial charge in [0, 0.05) is 37.2 Å². The van der Waals surface area contributed by atoms with Crippen LogP contribution in [0.25, 0.3) is 0 Å². The first-order valence-electron chi connectivity index (χ1n) is 9.23. The van der Waals surface area contributed by atoms with E-state index in [-0.39, 0.29) is 11.9 Å². The van der Waals surface area contributed by atoms with Crippen molar-refractivity contribution >= 4 is 23.2 Å². The Kier molecular flexibility index (Phi) is 6.58. The lowest BCUT2D eigenvalue weighted by Crippen LogP contribution is -2.51. The lowest BCUT2D eigenvalue weighted by Gasteiger charge is -2.36. The van der Waals surface area contributed by atoms with Crippen molar-refractivity contribution in [1.29, 1.82) is 0 Å². The summed E-state index contributed by atoms with van der Waals surface area (Å²) in [6.45, 7) is 5.34. The molecule has 0 radical (unpaired) electrons. The van der Waals surface area contributed by atoms with Gasteiger partial charge in [-0.1, -0.05) is 41.9 Å². The van der Waals surface area contributed by atoms with Gasteiger partial charge in [0.2, 0.25) is 5.91 Å². The average molecular weight is 388 g/mol. The molecule has 144 valence electrons. The average Bonchev–Trinajstić information content (AvgIpc) is 2.72. The summed E-state index contributed by atoms with van der Waals surface area (Å²) in [5.74, 6) is 0.987. The van der Waals surface area contributed by atoms with Gasteiger partial charge in [-0.2, -0.15) is 0 Å². The molecule has 2 aromatic carbocycles. The van der Waals surface area contributed by atoms with Crippen LogP contribution < -0.4 is 15.0 Å². The molecule has 1 saturated heterocycles. The molecular weight excluding hydrogens is 362 g/mol. The Bertz CT molecular complexity index is 776. The van der Waals surface area contributed by atoms with E-state index in [4.69, 9.17) is 16.3 Å². The highest BCUT2D eigenvalue weighted by Gasteiger charge is 2.23. The van der Waals surface area contributed by atoms with Crippen molar-refractivity contribution in [3.05, 3.63) is 59.1 Å². The number of hydrogen-bond donors (Lipinski definition) is 1. The van der Waals surface area contributed by atoms with Crippen LogP contribution in [-0.2, 0) is 4.79 Å². The smallest absolute Gasteiger partial charge is 0.236 e. The normalized spacial score (nSPS) is 15.5. The molecule has 0 unspecified atom stereocenters. The summed E-state index contributed by atoms with van der Waals surface area (Å²) in [5.41, 5.74) is 2.09. The maximum absolute atomic E-state index is 12.6. The minimum Gasteiger partial charge on any atom is -0.495 e. The van der Waals surface area contributed by atoms with Gasteiger partial charge < -0.3 is 19.9 Å². The largest absolute Gasteiger partial charge is 0.495 e. The number of rotatable bonds is 6. The minimum absolute atomic E-state index is 0.0255. The lowest BCUT2D eigenvalue weighted by molar-refractivity contribution is -0.130. The molecule has 1 heterocycles. The summed E-state index contributed by atoms with van der Waals surface area (Å²) in [6.07, 6.45) is 0. The van der Waals surface area contributed by atoms with Gasteiger partial charge >= 0.3 is 0 Å². The van der Waals surface area contributed by atoms with Gasteiger partial charge in [-0.25, -0.2) is 0 Å². The molecule has 1 atom stereocenters. The zero-order valence-electron chi connectivity index (χ0n) is 15.8. The molecule has 1 N–H and O–H groups in total. The molecule has 5 nitrogen and oxygen atoms in total. The lowest BCUT2D eigenvalue weighted by atomic mass is 10.1. The Morgan fingerprint density at radius 1 is 1.11 bits per heavy atom. The molecule has 2 aromatic rings. The van der Waals surface area contributed by atoms with E-state index in [1.165, 1.54) is 0 Å².